The SMILES string of the molecule is CCCCCc1ccc(C(=O)N2CC(O)CC2C(=O)Nc2ccc3c(c2)c2ccccc2n3CC)c(=O)o1. The highest BCUT2D eigenvalue weighted by molar-refractivity contribution is 6.10. The van der Waals surface area contributed by atoms with Crippen LogP contribution in [0.3, 0.4) is 0 Å². The number of aromatic nitrogens is 1. The number of amides is 2. The fourth-order valence-electron chi connectivity index (χ4n) is 5.43. The summed E-state index contributed by atoms with van der Waals surface area (Å²) in [6.45, 7) is 4.98. The summed E-state index contributed by atoms with van der Waals surface area (Å²) in [5, 5.41) is 15.4. The fraction of sp³-hybridized carbons (Fsp3) is 0.367. The number of aliphatic hydroxyl groups is 1. The maximum absolute atomic E-state index is 13.3. The van der Waals surface area contributed by atoms with Crippen LogP contribution < -0.4 is 10.9 Å². The van der Waals surface area contributed by atoms with Gasteiger partial charge in [0.15, 0.2) is 0 Å². The number of likely N-dealkylation sites (tertiary alicyclic amines) is 1. The Balaban J connectivity index is 1.37. The van der Waals surface area contributed by atoms with Crippen LogP contribution in [0, 0.1) is 0 Å². The number of aryl methyl sites for hydroxylation is 2. The lowest BCUT2D eigenvalue weighted by Crippen LogP contribution is -2.44. The summed E-state index contributed by atoms with van der Waals surface area (Å²) in [6.07, 6.45) is 2.84. The summed E-state index contributed by atoms with van der Waals surface area (Å²) in [6, 6.07) is 16.1. The lowest BCUT2D eigenvalue weighted by atomic mass is 10.1. The summed E-state index contributed by atoms with van der Waals surface area (Å²) < 4.78 is 7.60. The molecule has 1 aliphatic heterocycles. The van der Waals surface area contributed by atoms with Crippen LogP contribution in [0.25, 0.3) is 21.8 Å². The molecule has 38 heavy (non-hydrogen) atoms. The first-order chi connectivity index (χ1) is 18.4. The van der Waals surface area contributed by atoms with Gasteiger partial charge in [-0.05, 0) is 49.7 Å². The zero-order valence-electron chi connectivity index (χ0n) is 21.8. The Kier molecular flexibility index (Phi) is 7.33. The molecule has 0 bridgehead atoms. The maximum Gasteiger partial charge on any atom is 0.348 e. The third-order valence-corrected chi connectivity index (χ3v) is 7.34. The first-order valence-corrected chi connectivity index (χ1v) is 13.3. The van der Waals surface area contributed by atoms with E-state index in [1.54, 1.807) is 6.07 Å². The predicted octanol–water partition coefficient (Wildman–Crippen LogP) is 4.71. The fourth-order valence-corrected chi connectivity index (χ4v) is 5.43. The molecule has 8 nitrogen and oxygen atoms in total. The van der Waals surface area contributed by atoms with Crippen molar-refractivity contribution in [2.75, 3.05) is 11.9 Å². The second-order valence-corrected chi connectivity index (χ2v) is 9.91. The van der Waals surface area contributed by atoms with Crippen molar-refractivity contribution in [3.63, 3.8) is 0 Å². The molecule has 1 fully saturated rings. The van der Waals surface area contributed by atoms with Crippen molar-refractivity contribution in [2.24, 2.45) is 0 Å². The second-order valence-electron chi connectivity index (χ2n) is 9.91. The smallest absolute Gasteiger partial charge is 0.348 e. The van der Waals surface area contributed by atoms with E-state index in [2.05, 4.69) is 35.9 Å². The highest BCUT2D eigenvalue weighted by atomic mass is 16.4. The number of carbonyl (C=O) groups excluding carboxylic acids is 2. The van der Waals surface area contributed by atoms with Crippen molar-refractivity contribution in [2.45, 2.75) is 64.6 Å². The third kappa shape index (κ3) is 4.84. The molecule has 2 atom stereocenters. The van der Waals surface area contributed by atoms with Crippen molar-refractivity contribution >= 4 is 39.3 Å². The average Bonchev–Trinajstić information content (AvgIpc) is 3.46. The monoisotopic (exact) mass is 515 g/mol. The highest BCUT2D eigenvalue weighted by Gasteiger charge is 2.40. The number of unbranched alkanes of at least 4 members (excludes halogenated alkanes) is 2. The standard InChI is InChI=1S/C30H33N3O5/c1-3-5-6-9-21-13-14-23(30(37)38-21)29(36)33-18-20(34)17-27(33)28(35)31-19-12-15-26-24(16-19)22-10-7-8-11-25(22)32(26)4-2/h7-8,10-16,20,27,34H,3-6,9,17-18H2,1-2H3,(H,31,35). The van der Waals surface area contributed by atoms with Crippen LogP contribution in [0.15, 0.2) is 63.8 Å². The lowest BCUT2D eigenvalue weighted by molar-refractivity contribution is -0.119. The van der Waals surface area contributed by atoms with E-state index in [1.165, 1.54) is 11.0 Å². The highest BCUT2D eigenvalue weighted by Crippen LogP contribution is 2.31. The number of aliphatic hydroxyl groups excluding tert-OH is 1. The molecule has 2 N–H and O–H groups in total. The maximum atomic E-state index is 13.3. The quantitative estimate of drug-likeness (QED) is 0.331. The molecule has 0 spiro atoms. The van der Waals surface area contributed by atoms with E-state index in [4.69, 9.17) is 4.42 Å². The molecule has 0 aliphatic carbocycles. The van der Waals surface area contributed by atoms with Gasteiger partial charge in [-0.25, -0.2) is 4.79 Å². The normalized spacial score (nSPS) is 17.4. The number of anilines is 1. The zero-order chi connectivity index (χ0) is 26.8. The molecular formula is C30H33N3O5. The van der Waals surface area contributed by atoms with Gasteiger partial charge in [-0.3, -0.25) is 9.59 Å². The molecule has 1 aliphatic rings. The molecule has 8 heteroatoms. The van der Waals surface area contributed by atoms with Crippen molar-refractivity contribution in [1.82, 2.24) is 9.47 Å². The number of hydrogen-bond acceptors (Lipinski definition) is 5. The Bertz CT molecular complexity index is 1550. The van der Waals surface area contributed by atoms with Crippen LogP contribution >= 0.6 is 0 Å². The van der Waals surface area contributed by atoms with E-state index >= 15 is 0 Å². The second kappa shape index (κ2) is 10.8. The number of rotatable bonds is 8. The first-order valence-electron chi connectivity index (χ1n) is 13.3. The molecule has 2 amide bonds. The van der Waals surface area contributed by atoms with Gasteiger partial charge in [0, 0.05) is 53.4 Å². The summed E-state index contributed by atoms with van der Waals surface area (Å²) >= 11 is 0. The van der Waals surface area contributed by atoms with Gasteiger partial charge < -0.3 is 24.3 Å². The molecule has 1 saturated heterocycles. The van der Waals surface area contributed by atoms with Gasteiger partial charge >= 0.3 is 5.63 Å². The van der Waals surface area contributed by atoms with E-state index in [-0.39, 0.29) is 18.5 Å². The van der Waals surface area contributed by atoms with Crippen molar-refractivity contribution in [3.8, 4) is 0 Å². The molecule has 3 heterocycles. The molecule has 0 radical (unpaired) electrons. The van der Waals surface area contributed by atoms with Gasteiger partial charge in [-0.2, -0.15) is 0 Å². The number of benzene rings is 2. The Labute approximate surface area is 220 Å². The number of fused-ring (bicyclic) bond motifs is 3. The molecule has 2 aromatic heterocycles. The van der Waals surface area contributed by atoms with Crippen LogP contribution in [0.1, 0.15) is 55.6 Å². The van der Waals surface area contributed by atoms with Gasteiger partial charge in [0.1, 0.15) is 17.4 Å². The van der Waals surface area contributed by atoms with Crippen molar-refractivity contribution < 1.29 is 19.1 Å². The molecule has 198 valence electrons. The number of carbonyl (C=O) groups is 2. The largest absolute Gasteiger partial charge is 0.427 e. The lowest BCUT2D eigenvalue weighted by Gasteiger charge is -2.23. The van der Waals surface area contributed by atoms with E-state index < -0.39 is 29.6 Å². The minimum absolute atomic E-state index is 0.0301. The minimum atomic E-state index is -0.909. The van der Waals surface area contributed by atoms with Crippen LogP contribution in [-0.2, 0) is 17.8 Å². The van der Waals surface area contributed by atoms with Gasteiger partial charge in [-0.15, -0.1) is 0 Å². The van der Waals surface area contributed by atoms with Gasteiger partial charge in [-0.1, -0.05) is 38.0 Å². The van der Waals surface area contributed by atoms with E-state index in [1.807, 2.05) is 30.3 Å². The zero-order valence-corrected chi connectivity index (χ0v) is 21.8. The van der Waals surface area contributed by atoms with Crippen LogP contribution in [0.2, 0.25) is 0 Å². The van der Waals surface area contributed by atoms with Crippen LogP contribution in [0.4, 0.5) is 5.69 Å². The Morgan fingerprint density at radius 1 is 1.03 bits per heavy atom. The first kappa shape index (κ1) is 25.7. The number of para-hydroxylation sites is 1. The molecule has 2 aromatic carbocycles. The van der Waals surface area contributed by atoms with Crippen LogP contribution in [-0.4, -0.2) is 45.1 Å². The summed E-state index contributed by atoms with van der Waals surface area (Å²) in [5.74, 6) is -0.485. The van der Waals surface area contributed by atoms with E-state index in [9.17, 15) is 19.5 Å². The predicted molar refractivity (Wildman–Crippen MR) is 147 cm³/mol. The molecule has 0 saturated carbocycles. The summed E-state index contributed by atoms with van der Waals surface area (Å²) in [5.41, 5.74) is 1.95. The molecule has 2 unspecified atom stereocenters. The molecule has 4 aromatic rings. The molecular weight excluding hydrogens is 482 g/mol. The average molecular weight is 516 g/mol. The van der Waals surface area contributed by atoms with E-state index in [0.29, 0.717) is 17.9 Å². The summed E-state index contributed by atoms with van der Waals surface area (Å²) in [4.78, 5) is 40.5. The Hall–Kier alpha value is -3.91. The number of nitrogens with zero attached hydrogens (tertiary/aromatic N) is 2. The van der Waals surface area contributed by atoms with Gasteiger partial charge in [0.2, 0.25) is 5.91 Å². The molecule has 5 rings (SSSR count). The third-order valence-electron chi connectivity index (χ3n) is 7.34. The topological polar surface area (TPSA) is 105 Å². The Morgan fingerprint density at radius 3 is 2.58 bits per heavy atom. The van der Waals surface area contributed by atoms with Crippen molar-refractivity contribution in [1.29, 1.82) is 0 Å². The Morgan fingerprint density at radius 2 is 1.82 bits per heavy atom. The van der Waals surface area contributed by atoms with E-state index in [0.717, 1.165) is 47.6 Å². The van der Waals surface area contributed by atoms with Crippen molar-refractivity contribution in [3.05, 3.63) is 76.3 Å². The number of β-amino-alcohol motifs (C(OH)–C–C–N with tert-alkyl or cyclic N) is 1. The minimum Gasteiger partial charge on any atom is -0.427 e. The van der Waals surface area contributed by atoms with Gasteiger partial charge in [0.05, 0.1) is 6.10 Å². The summed E-state index contributed by atoms with van der Waals surface area (Å²) in [7, 11) is 0. The number of hydrogen-bond donors (Lipinski definition) is 2. The number of nitrogens with one attached hydrogen (secondary N) is 1. The van der Waals surface area contributed by atoms with Crippen LogP contribution in [0.5, 0.6) is 0 Å². The van der Waals surface area contributed by atoms with Gasteiger partial charge in [0.25, 0.3) is 5.91 Å².